The number of hydrogen-bond donors (Lipinski definition) is 3. The van der Waals surface area contributed by atoms with Gasteiger partial charge in [0.2, 0.25) is 17.7 Å². The Morgan fingerprint density at radius 1 is 1.06 bits per heavy atom. The number of nitrogens with zero attached hydrogens (tertiary/aromatic N) is 6. The van der Waals surface area contributed by atoms with Crippen molar-refractivity contribution < 1.29 is 13.9 Å². The van der Waals surface area contributed by atoms with Crippen LogP contribution in [0.25, 0.3) is 17.4 Å². The number of carbonyl (C=O) groups is 1. The molecule has 1 aliphatic rings. The van der Waals surface area contributed by atoms with Crippen molar-refractivity contribution >= 4 is 23.6 Å². The predicted octanol–water partition coefficient (Wildman–Crippen LogP) is 1.08. The van der Waals surface area contributed by atoms with Gasteiger partial charge in [-0.3, -0.25) is 9.69 Å². The van der Waals surface area contributed by atoms with Crippen LogP contribution in [0.1, 0.15) is 15.9 Å². The molecule has 35 heavy (non-hydrogen) atoms. The molecule has 0 saturated carbocycles. The number of rotatable bonds is 9. The molecule has 1 aromatic carbocycles. The van der Waals surface area contributed by atoms with Crippen LogP contribution in [0.5, 0.6) is 0 Å². The Morgan fingerprint density at radius 3 is 2.66 bits per heavy atom. The van der Waals surface area contributed by atoms with E-state index in [2.05, 4.69) is 35.6 Å². The van der Waals surface area contributed by atoms with Gasteiger partial charge < -0.3 is 25.5 Å². The molecule has 3 aromatic heterocycles. The highest BCUT2D eigenvalue weighted by Gasteiger charge is 2.14. The van der Waals surface area contributed by atoms with Gasteiger partial charge in [-0.1, -0.05) is 12.1 Å². The molecule has 0 aliphatic carbocycles. The molecule has 12 heteroatoms. The van der Waals surface area contributed by atoms with Crippen molar-refractivity contribution in [1.82, 2.24) is 34.8 Å². The summed E-state index contributed by atoms with van der Waals surface area (Å²) in [7, 11) is 0. The van der Waals surface area contributed by atoms with Crippen molar-refractivity contribution in [1.29, 1.82) is 0 Å². The Kier molecular flexibility index (Phi) is 6.82. The third-order valence-corrected chi connectivity index (χ3v) is 5.71. The molecule has 0 unspecified atom stereocenters. The Hall–Kier alpha value is -4.03. The first-order chi connectivity index (χ1) is 17.2. The SMILES string of the molecule is Nc1nc(NCCc2ccc(C(=O)NCCN3CCOCC3)cc2)nc2nc(-c3ccco3)nn12. The van der Waals surface area contributed by atoms with E-state index < -0.39 is 0 Å². The highest BCUT2D eigenvalue weighted by atomic mass is 16.5. The number of ether oxygens (including phenoxy) is 1. The number of aromatic nitrogens is 5. The molecule has 0 radical (unpaired) electrons. The monoisotopic (exact) mass is 477 g/mol. The first-order valence-electron chi connectivity index (χ1n) is 11.5. The fourth-order valence-electron chi connectivity index (χ4n) is 3.79. The zero-order valence-corrected chi connectivity index (χ0v) is 19.2. The molecule has 1 amide bonds. The number of carbonyl (C=O) groups excluding carboxylic acids is 1. The van der Waals surface area contributed by atoms with Gasteiger partial charge in [0.05, 0.1) is 19.5 Å². The van der Waals surface area contributed by atoms with Gasteiger partial charge in [0, 0.05) is 38.3 Å². The number of morpholine rings is 1. The van der Waals surface area contributed by atoms with Crippen LogP contribution >= 0.6 is 0 Å². The molecular weight excluding hydrogens is 450 g/mol. The van der Waals surface area contributed by atoms with Gasteiger partial charge in [-0.2, -0.15) is 19.5 Å². The van der Waals surface area contributed by atoms with Crippen LogP contribution in [0, 0.1) is 0 Å². The predicted molar refractivity (Wildman–Crippen MR) is 129 cm³/mol. The van der Waals surface area contributed by atoms with Gasteiger partial charge in [-0.15, -0.1) is 5.10 Å². The topological polar surface area (TPSA) is 149 Å². The van der Waals surface area contributed by atoms with E-state index in [0.717, 1.165) is 44.8 Å². The molecule has 1 aliphatic heterocycles. The van der Waals surface area contributed by atoms with E-state index in [4.69, 9.17) is 14.9 Å². The Balaban J connectivity index is 1.11. The quantitative estimate of drug-likeness (QED) is 0.320. The van der Waals surface area contributed by atoms with Crippen LogP contribution < -0.4 is 16.4 Å². The van der Waals surface area contributed by atoms with Crippen molar-refractivity contribution in [3.05, 3.63) is 53.8 Å². The van der Waals surface area contributed by atoms with Crippen molar-refractivity contribution in [3.8, 4) is 11.6 Å². The molecule has 5 rings (SSSR count). The van der Waals surface area contributed by atoms with E-state index in [0.29, 0.717) is 42.0 Å². The second-order valence-electron chi connectivity index (χ2n) is 8.11. The fraction of sp³-hybridized carbons (Fsp3) is 0.348. The van der Waals surface area contributed by atoms with E-state index in [1.807, 2.05) is 24.3 Å². The van der Waals surface area contributed by atoms with E-state index in [1.54, 1.807) is 18.4 Å². The average molecular weight is 478 g/mol. The smallest absolute Gasteiger partial charge is 0.259 e. The molecule has 4 heterocycles. The summed E-state index contributed by atoms with van der Waals surface area (Å²) in [4.78, 5) is 27.7. The lowest BCUT2D eigenvalue weighted by Crippen LogP contribution is -2.41. The highest BCUT2D eigenvalue weighted by molar-refractivity contribution is 5.94. The Morgan fingerprint density at radius 2 is 1.89 bits per heavy atom. The third-order valence-electron chi connectivity index (χ3n) is 5.71. The first-order valence-corrected chi connectivity index (χ1v) is 11.5. The van der Waals surface area contributed by atoms with Gasteiger partial charge in [0.25, 0.3) is 11.7 Å². The maximum absolute atomic E-state index is 12.4. The zero-order chi connectivity index (χ0) is 24.0. The normalized spacial score (nSPS) is 14.3. The first kappa shape index (κ1) is 22.7. The van der Waals surface area contributed by atoms with Gasteiger partial charge in [-0.25, -0.2) is 0 Å². The summed E-state index contributed by atoms with van der Waals surface area (Å²) in [6.07, 6.45) is 2.27. The number of nitrogens with one attached hydrogen (secondary N) is 2. The zero-order valence-electron chi connectivity index (χ0n) is 19.2. The number of hydrogen-bond acceptors (Lipinski definition) is 10. The lowest BCUT2D eigenvalue weighted by molar-refractivity contribution is 0.0383. The molecule has 0 spiro atoms. The number of amides is 1. The number of fused-ring (bicyclic) bond motifs is 1. The summed E-state index contributed by atoms with van der Waals surface area (Å²) in [5, 5.41) is 10.4. The summed E-state index contributed by atoms with van der Waals surface area (Å²) in [5.74, 6) is 1.71. The molecule has 1 saturated heterocycles. The van der Waals surface area contributed by atoms with Gasteiger partial charge in [0.1, 0.15) is 0 Å². The van der Waals surface area contributed by atoms with E-state index in [9.17, 15) is 4.79 Å². The second kappa shape index (κ2) is 10.5. The van der Waals surface area contributed by atoms with E-state index in [1.165, 1.54) is 4.52 Å². The molecule has 182 valence electrons. The highest BCUT2D eigenvalue weighted by Crippen LogP contribution is 2.17. The van der Waals surface area contributed by atoms with Crippen molar-refractivity contribution in [2.45, 2.75) is 6.42 Å². The maximum atomic E-state index is 12.4. The average Bonchev–Trinajstić information content (AvgIpc) is 3.56. The van der Waals surface area contributed by atoms with Crippen LogP contribution in [-0.4, -0.2) is 81.3 Å². The van der Waals surface area contributed by atoms with Gasteiger partial charge in [0.15, 0.2) is 5.76 Å². The molecular formula is C23H27N9O3. The van der Waals surface area contributed by atoms with Crippen LogP contribution in [0.2, 0.25) is 0 Å². The van der Waals surface area contributed by atoms with Crippen LogP contribution in [0.3, 0.4) is 0 Å². The third kappa shape index (κ3) is 5.55. The number of benzene rings is 1. The van der Waals surface area contributed by atoms with E-state index >= 15 is 0 Å². The minimum Gasteiger partial charge on any atom is -0.461 e. The molecule has 0 atom stereocenters. The second-order valence-corrected chi connectivity index (χ2v) is 8.11. The Bertz CT molecular complexity index is 1270. The molecule has 0 bridgehead atoms. The molecule has 4 aromatic rings. The minimum absolute atomic E-state index is 0.0673. The number of nitrogens with two attached hydrogens (primary N) is 1. The number of nitrogen functional groups attached to an aromatic ring is 1. The minimum atomic E-state index is -0.0673. The van der Waals surface area contributed by atoms with Crippen molar-refractivity contribution in [2.24, 2.45) is 0 Å². The van der Waals surface area contributed by atoms with Gasteiger partial charge in [-0.05, 0) is 36.2 Å². The molecule has 4 N–H and O–H groups in total. The van der Waals surface area contributed by atoms with Crippen LogP contribution in [0.15, 0.2) is 47.1 Å². The fourth-order valence-corrected chi connectivity index (χ4v) is 3.79. The lowest BCUT2D eigenvalue weighted by atomic mass is 10.1. The number of anilines is 2. The van der Waals surface area contributed by atoms with Crippen LogP contribution in [-0.2, 0) is 11.2 Å². The summed E-state index contributed by atoms with van der Waals surface area (Å²) in [6.45, 7) is 5.37. The lowest BCUT2D eigenvalue weighted by Gasteiger charge is -2.26. The summed E-state index contributed by atoms with van der Waals surface area (Å²) in [6, 6.07) is 11.1. The molecule has 1 fully saturated rings. The van der Waals surface area contributed by atoms with Crippen molar-refractivity contribution in [2.75, 3.05) is 57.0 Å². The van der Waals surface area contributed by atoms with Gasteiger partial charge >= 0.3 is 0 Å². The summed E-state index contributed by atoms with van der Waals surface area (Å²) >= 11 is 0. The maximum Gasteiger partial charge on any atom is 0.259 e. The van der Waals surface area contributed by atoms with Crippen LogP contribution in [0.4, 0.5) is 11.9 Å². The number of furan rings is 1. The summed E-state index contributed by atoms with van der Waals surface area (Å²) < 4.78 is 12.0. The largest absolute Gasteiger partial charge is 0.461 e. The van der Waals surface area contributed by atoms with Crippen molar-refractivity contribution in [3.63, 3.8) is 0 Å². The standard InChI is InChI=1S/C23H27N9O3/c24-21-28-22(29-23-27-19(30-32(21)23)18-2-1-13-35-18)26-8-7-16-3-5-17(6-4-16)20(33)25-9-10-31-11-14-34-15-12-31/h1-6,13H,7-12,14-15H2,(H,25,33)(H3,24,26,27,28,29,30). The summed E-state index contributed by atoms with van der Waals surface area (Å²) in [5.41, 5.74) is 7.75. The van der Waals surface area contributed by atoms with E-state index in [-0.39, 0.29) is 11.9 Å². The Labute approximate surface area is 201 Å². The molecule has 12 nitrogen and oxygen atoms in total.